The predicted molar refractivity (Wildman–Crippen MR) is 171 cm³/mol. The first-order valence-corrected chi connectivity index (χ1v) is 15.2. The Bertz CT molecular complexity index is 1610. The Hall–Kier alpha value is -4.64. The topological polar surface area (TPSA) is 98.3 Å². The Balaban J connectivity index is 1.29. The minimum Gasteiger partial charge on any atom is -0.493 e. The molecular formula is C34H40FN5O5. The summed E-state index contributed by atoms with van der Waals surface area (Å²) < 4.78 is 37.1. The zero-order valence-corrected chi connectivity index (χ0v) is 26.2. The van der Waals surface area contributed by atoms with E-state index >= 15 is 0 Å². The summed E-state index contributed by atoms with van der Waals surface area (Å²) in [6.45, 7) is 7.81. The third kappa shape index (κ3) is 7.91. The summed E-state index contributed by atoms with van der Waals surface area (Å²) in [5, 5.41) is 4.12. The van der Waals surface area contributed by atoms with E-state index in [9.17, 15) is 9.18 Å². The molecule has 0 spiro atoms. The van der Waals surface area contributed by atoms with Crippen molar-refractivity contribution in [1.29, 1.82) is 0 Å². The molecule has 2 heterocycles. The zero-order chi connectivity index (χ0) is 31.8. The molecule has 0 saturated carbocycles. The number of likely N-dealkylation sites (tertiary alicyclic amines) is 1. The zero-order valence-electron chi connectivity index (χ0n) is 26.2. The molecule has 0 atom stereocenters. The Morgan fingerprint density at radius 2 is 1.71 bits per heavy atom. The molecule has 1 fully saturated rings. The van der Waals surface area contributed by atoms with E-state index < -0.39 is 0 Å². The van der Waals surface area contributed by atoms with Crippen LogP contribution in [0.25, 0.3) is 10.9 Å². The molecule has 0 unspecified atom stereocenters. The number of hydrogen-bond acceptors (Lipinski definition) is 9. The van der Waals surface area contributed by atoms with Crippen LogP contribution >= 0.6 is 0 Å². The van der Waals surface area contributed by atoms with E-state index in [2.05, 4.69) is 34.0 Å². The van der Waals surface area contributed by atoms with Gasteiger partial charge in [-0.1, -0.05) is 26.0 Å². The first kappa shape index (κ1) is 31.8. The molecular weight excluding hydrogens is 577 g/mol. The SMILES string of the molecule is CCN(CC)CC(=O)N1CCC(Oc2cc3c(Nc4ccc(OCc5cccc(F)c5)c(OC)c4)ncnc3cc2OC)CC1. The Morgan fingerprint density at radius 1 is 0.956 bits per heavy atom. The van der Waals surface area contributed by atoms with Crippen molar-refractivity contribution in [3.05, 3.63) is 72.3 Å². The molecule has 1 aliphatic heterocycles. The molecule has 238 valence electrons. The van der Waals surface area contributed by atoms with Crippen LogP contribution in [0.2, 0.25) is 0 Å². The van der Waals surface area contributed by atoms with Crippen molar-refractivity contribution in [2.24, 2.45) is 0 Å². The first-order valence-electron chi connectivity index (χ1n) is 15.2. The van der Waals surface area contributed by atoms with Crippen LogP contribution in [-0.2, 0) is 11.4 Å². The van der Waals surface area contributed by atoms with Crippen molar-refractivity contribution in [2.75, 3.05) is 52.3 Å². The largest absolute Gasteiger partial charge is 0.493 e. The Labute approximate surface area is 263 Å². The number of amides is 1. The molecule has 1 N–H and O–H groups in total. The second-order valence-electron chi connectivity index (χ2n) is 10.8. The highest BCUT2D eigenvalue weighted by Gasteiger charge is 2.26. The lowest BCUT2D eigenvalue weighted by atomic mass is 10.1. The fraction of sp³-hybridized carbons (Fsp3) is 0.382. The number of carbonyl (C=O) groups excluding carboxylic acids is 1. The second-order valence-corrected chi connectivity index (χ2v) is 10.8. The molecule has 0 aliphatic carbocycles. The summed E-state index contributed by atoms with van der Waals surface area (Å²) >= 11 is 0. The lowest BCUT2D eigenvalue weighted by Gasteiger charge is -2.33. The normalized spacial score (nSPS) is 13.6. The number of anilines is 2. The van der Waals surface area contributed by atoms with Crippen LogP contribution in [0.3, 0.4) is 0 Å². The number of methoxy groups -OCH3 is 2. The van der Waals surface area contributed by atoms with Crippen molar-refractivity contribution < 1.29 is 28.1 Å². The second kappa shape index (κ2) is 14.9. The summed E-state index contributed by atoms with van der Waals surface area (Å²) in [5.41, 5.74) is 2.13. The van der Waals surface area contributed by atoms with Crippen molar-refractivity contribution in [1.82, 2.24) is 19.8 Å². The van der Waals surface area contributed by atoms with Crippen LogP contribution in [0.1, 0.15) is 32.3 Å². The highest BCUT2D eigenvalue weighted by Crippen LogP contribution is 2.37. The maximum Gasteiger partial charge on any atom is 0.236 e. The van der Waals surface area contributed by atoms with Crippen LogP contribution in [0, 0.1) is 5.82 Å². The molecule has 0 radical (unpaired) electrons. The summed E-state index contributed by atoms with van der Waals surface area (Å²) in [4.78, 5) is 25.8. The molecule has 0 bridgehead atoms. The molecule has 4 aromatic rings. The minimum absolute atomic E-state index is 0.0564. The van der Waals surface area contributed by atoms with Crippen LogP contribution < -0.4 is 24.3 Å². The highest BCUT2D eigenvalue weighted by atomic mass is 19.1. The highest BCUT2D eigenvalue weighted by molar-refractivity contribution is 5.93. The average molecular weight is 618 g/mol. The molecule has 1 aromatic heterocycles. The molecule has 1 amide bonds. The smallest absolute Gasteiger partial charge is 0.236 e. The molecule has 10 nitrogen and oxygen atoms in total. The van der Waals surface area contributed by atoms with Gasteiger partial charge in [-0.15, -0.1) is 0 Å². The number of nitrogens with one attached hydrogen (secondary N) is 1. The van der Waals surface area contributed by atoms with Gasteiger partial charge in [0.1, 0.15) is 30.7 Å². The maximum absolute atomic E-state index is 13.6. The average Bonchev–Trinajstić information content (AvgIpc) is 3.06. The van der Waals surface area contributed by atoms with Gasteiger partial charge >= 0.3 is 0 Å². The number of nitrogens with zero attached hydrogens (tertiary/aromatic N) is 4. The van der Waals surface area contributed by atoms with Crippen LogP contribution in [0.5, 0.6) is 23.0 Å². The van der Waals surface area contributed by atoms with Gasteiger partial charge in [0, 0.05) is 49.1 Å². The first-order chi connectivity index (χ1) is 21.9. The monoisotopic (exact) mass is 617 g/mol. The molecule has 1 saturated heterocycles. The molecule has 1 aliphatic rings. The summed E-state index contributed by atoms with van der Waals surface area (Å²) in [6, 6.07) is 15.5. The lowest BCUT2D eigenvalue weighted by molar-refractivity contribution is -0.134. The van der Waals surface area contributed by atoms with Gasteiger partial charge in [0.15, 0.2) is 23.0 Å². The van der Waals surface area contributed by atoms with Crippen molar-refractivity contribution in [3.8, 4) is 23.0 Å². The van der Waals surface area contributed by atoms with Crippen molar-refractivity contribution in [3.63, 3.8) is 0 Å². The number of fused-ring (bicyclic) bond motifs is 1. The number of rotatable bonds is 13. The van der Waals surface area contributed by atoms with Gasteiger partial charge in [-0.3, -0.25) is 9.69 Å². The summed E-state index contributed by atoms with van der Waals surface area (Å²) in [7, 11) is 3.17. The lowest BCUT2D eigenvalue weighted by Crippen LogP contribution is -2.46. The maximum atomic E-state index is 13.6. The standard InChI is InChI=1S/C34H40FN5O5/c1-5-39(6-2)20-33(41)40-14-12-26(13-15-40)45-32-18-27-28(19-31(32)43-4)36-22-37-34(27)38-25-10-11-29(30(17-25)42-3)44-21-23-8-7-9-24(35)16-23/h7-11,16-19,22,26H,5-6,12-15,20-21H2,1-4H3,(H,36,37,38). The number of hydrogen-bond donors (Lipinski definition) is 1. The summed E-state index contributed by atoms with van der Waals surface area (Å²) in [6.07, 6.45) is 2.90. The number of halogens is 1. The van der Waals surface area contributed by atoms with Crippen LogP contribution in [0.4, 0.5) is 15.9 Å². The van der Waals surface area contributed by atoms with E-state index in [1.54, 1.807) is 32.4 Å². The van der Waals surface area contributed by atoms with Crippen molar-refractivity contribution >= 4 is 28.3 Å². The van der Waals surface area contributed by atoms with E-state index in [0.717, 1.165) is 42.6 Å². The third-order valence-electron chi connectivity index (χ3n) is 7.97. The van der Waals surface area contributed by atoms with Gasteiger partial charge in [-0.25, -0.2) is 14.4 Å². The minimum atomic E-state index is -0.311. The molecule has 5 rings (SSSR count). The van der Waals surface area contributed by atoms with Gasteiger partial charge in [0.05, 0.1) is 26.3 Å². The Kier molecular flexibility index (Phi) is 10.5. The third-order valence-corrected chi connectivity index (χ3v) is 7.97. The molecule has 3 aromatic carbocycles. The number of likely N-dealkylation sites (N-methyl/N-ethyl adjacent to an activating group) is 1. The Morgan fingerprint density at radius 3 is 2.42 bits per heavy atom. The van der Waals surface area contributed by atoms with Gasteiger partial charge in [0.2, 0.25) is 5.91 Å². The number of piperidine rings is 1. The summed E-state index contributed by atoms with van der Waals surface area (Å²) in [5.74, 6) is 2.65. The number of carbonyl (C=O) groups is 1. The van der Waals surface area contributed by atoms with E-state index in [0.29, 0.717) is 54.0 Å². The number of benzene rings is 3. The van der Waals surface area contributed by atoms with Gasteiger partial charge in [-0.05, 0) is 49.0 Å². The van der Waals surface area contributed by atoms with Gasteiger partial charge < -0.3 is 29.2 Å². The predicted octanol–water partition coefficient (Wildman–Crippen LogP) is 5.82. The fourth-order valence-electron chi connectivity index (χ4n) is 5.35. The fourth-order valence-corrected chi connectivity index (χ4v) is 5.35. The van der Waals surface area contributed by atoms with Gasteiger partial charge in [-0.2, -0.15) is 0 Å². The van der Waals surface area contributed by atoms with E-state index in [-0.39, 0.29) is 24.4 Å². The van der Waals surface area contributed by atoms with E-state index in [4.69, 9.17) is 18.9 Å². The molecule has 11 heteroatoms. The quantitative estimate of drug-likeness (QED) is 0.199. The van der Waals surface area contributed by atoms with E-state index in [1.165, 1.54) is 18.5 Å². The van der Waals surface area contributed by atoms with Crippen LogP contribution in [0.15, 0.2) is 60.9 Å². The number of ether oxygens (including phenoxy) is 4. The van der Waals surface area contributed by atoms with E-state index in [1.807, 2.05) is 29.2 Å². The van der Waals surface area contributed by atoms with Gasteiger partial charge in [0.25, 0.3) is 0 Å². The van der Waals surface area contributed by atoms with Crippen molar-refractivity contribution in [2.45, 2.75) is 39.4 Å². The number of aromatic nitrogens is 2. The molecule has 45 heavy (non-hydrogen) atoms. The van der Waals surface area contributed by atoms with Crippen LogP contribution in [-0.4, -0.2) is 78.7 Å².